The third-order valence-electron chi connectivity index (χ3n) is 3.91. The number of hydrogen-bond donors (Lipinski definition) is 2. The maximum Gasteiger partial charge on any atom is 0.191 e. The van der Waals surface area contributed by atoms with Crippen molar-refractivity contribution in [1.82, 2.24) is 15.6 Å². The standard InChI is InChI=1S/C19H22N4S/c1-13-18(24-14(2)23-13)12-22-19(20-3)21-11-15-8-9-16-6-4-5-7-17(16)10-15/h4-10H,11-12H2,1-3H3,(H2,20,21,22). The zero-order chi connectivity index (χ0) is 16.9. The van der Waals surface area contributed by atoms with Gasteiger partial charge >= 0.3 is 0 Å². The van der Waals surface area contributed by atoms with E-state index in [1.807, 2.05) is 13.8 Å². The first kappa shape index (κ1) is 16.5. The van der Waals surface area contributed by atoms with Gasteiger partial charge in [-0.25, -0.2) is 4.98 Å². The fourth-order valence-corrected chi connectivity index (χ4v) is 3.53. The van der Waals surface area contributed by atoms with Crippen LogP contribution in [0.2, 0.25) is 0 Å². The minimum absolute atomic E-state index is 0.741. The summed E-state index contributed by atoms with van der Waals surface area (Å²) in [5.41, 5.74) is 2.33. The molecule has 0 aliphatic rings. The van der Waals surface area contributed by atoms with E-state index in [1.54, 1.807) is 18.4 Å². The minimum atomic E-state index is 0.741. The van der Waals surface area contributed by atoms with E-state index >= 15 is 0 Å². The number of nitrogens with zero attached hydrogens (tertiary/aromatic N) is 2. The first-order chi connectivity index (χ1) is 11.7. The van der Waals surface area contributed by atoms with Crippen molar-refractivity contribution in [2.75, 3.05) is 7.05 Å². The Morgan fingerprint density at radius 1 is 1.04 bits per heavy atom. The predicted octanol–water partition coefficient (Wildman–Crippen LogP) is 3.78. The summed E-state index contributed by atoms with van der Waals surface area (Å²) in [4.78, 5) is 10.0. The van der Waals surface area contributed by atoms with Gasteiger partial charge in [0.15, 0.2) is 5.96 Å². The summed E-state index contributed by atoms with van der Waals surface area (Å²) in [5.74, 6) is 0.800. The van der Waals surface area contributed by atoms with Crippen molar-refractivity contribution < 1.29 is 0 Å². The van der Waals surface area contributed by atoms with Crippen molar-refractivity contribution in [1.29, 1.82) is 0 Å². The second kappa shape index (κ2) is 7.45. The van der Waals surface area contributed by atoms with Gasteiger partial charge in [0.1, 0.15) is 0 Å². The van der Waals surface area contributed by atoms with E-state index in [4.69, 9.17) is 0 Å². The van der Waals surface area contributed by atoms with E-state index in [2.05, 4.69) is 63.1 Å². The summed E-state index contributed by atoms with van der Waals surface area (Å²) in [6.45, 7) is 5.57. The van der Waals surface area contributed by atoms with Gasteiger partial charge in [-0.2, -0.15) is 0 Å². The quantitative estimate of drug-likeness (QED) is 0.562. The normalized spacial score (nSPS) is 11.7. The van der Waals surface area contributed by atoms with Gasteiger partial charge < -0.3 is 10.6 Å². The number of benzene rings is 2. The minimum Gasteiger partial charge on any atom is -0.352 e. The van der Waals surface area contributed by atoms with Crippen LogP contribution in [0.4, 0.5) is 0 Å². The average molecular weight is 338 g/mol. The first-order valence-corrected chi connectivity index (χ1v) is 8.82. The summed E-state index contributed by atoms with van der Waals surface area (Å²) in [5, 5.41) is 10.4. The molecule has 0 atom stereocenters. The number of guanidine groups is 1. The highest BCUT2D eigenvalue weighted by atomic mass is 32.1. The third-order valence-corrected chi connectivity index (χ3v) is 4.99. The summed E-state index contributed by atoms with van der Waals surface area (Å²) >= 11 is 1.73. The largest absolute Gasteiger partial charge is 0.352 e. The van der Waals surface area contributed by atoms with Crippen LogP contribution >= 0.6 is 11.3 Å². The molecule has 24 heavy (non-hydrogen) atoms. The van der Waals surface area contributed by atoms with Crippen LogP contribution in [0, 0.1) is 13.8 Å². The van der Waals surface area contributed by atoms with Crippen molar-refractivity contribution in [3.8, 4) is 0 Å². The summed E-state index contributed by atoms with van der Waals surface area (Å²) in [7, 11) is 1.79. The van der Waals surface area contributed by atoms with Crippen LogP contribution in [0.15, 0.2) is 47.5 Å². The molecule has 5 heteroatoms. The lowest BCUT2D eigenvalue weighted by Crippen LogP contribution is -2.36. The molecule has 0 amide bonds. The molecule has 3 rings (SSSR count). The Balaban J connectivity index is 1.59. The zero-order valence-corrected chi connectivity index (χ0v) is 15.1. The van der Waals surface area contributed by atoms with Gasteiger partial charge in [0.2, 0.25) is 0 Å². The second-order valence-electron chi connectivity index (χ2n) is 5.70. The van der Waals surface area contributed by atoms with E-state index in [0.29, 0.717) is 0 Å². The van der Waals surface area contributed by atoms with Gasteiger partial charge in [0, 0.05) is 18.5 Å². The maximum absolute atomic E-state index is 4.46. The number of rotatable bonds is 4. The zero-order valence-electron chi connectivity index (χ0n) is 14.3. The topological polar surface area (TPSA) is 49.3 Å². The fourth-order valence-electron chi connectivity index (χ4n) is 2.66. The van der Waals surface area contributed by atoms with Gasteiger partial charge in [0.25, 0.3) is 0 Å². The van der Waals surface area contributed by atoms with Crippen LogP contribution in [-0.2, 0) is 13.1 Å². The Kier molecular flexibility index (Phi) is 5.11. The summed E-state index contributed by atoms with van der Waals surface area (Å²) in [6.07, 6.45) is 0. The van der Waals surface area contributed by atoms with Crippen LogP contribution in [0.3, 0.4) is 0 Å². The molecule has 3 aromatic rings. The molecule has 124 valence electrons. The lowest BCUT2D eigenvalue weighted by Gasteiger charge is -2.12. The molecule has 1 heterocycles. The van der Waals surface area contributed by atoms with Crippen LogP contribution in [0.1, 0.15) is 21.1 Å². The molecule has 2 aromatic carbocycles. The smallest absolute Gasteiger partial charge is 0.191 e. The molecule has 0 radical (unpaired) electrons. The molecule has 0 bridgehead atoms. The first-order valence-electron chi connectivity index (χ1n) is 8.01. The van der Waals surface area contributed by atoms with E-state index in [0.717, 1.165) is 29.8 Å². The molecule has 2 N–H and O–H groups in total. The van der Waals surface area contributed by atoms with E-state index in [-0.39, 0.29) is 0 Å². The Hall–Kier alpha value is -2.40. The molecule has 0 spiro atoms. The monoisotopic (exact) mass is 338 g/mol. The summed E-state index contributed by atoms with van der Waals surface area (Å²) in [6, 6.07) is 14.9. The fraction of sp³-hybridized carbons (Fsp3) is 0.263. The number of nitrogens with one attached hydrogen (secondary N) is 2. The lowest BCUT2D eigenvalue weighted by atomic mass is 10.1. The Bertz CT molecular complexity index is 867. The Morgan fingerprint density at radius 2 is 1.79 bits per heavy atom. The Morgan fingerprint density at radius 3 is 2.50 bits per heavy atom. The molecule has 0 fully saturated rings. The molecular weight excluding hydrogens is 316 g/mol. The molecule has 0 saturated heterocycles. The van der Waals surface area contributed by atoms with Crippen molar-refractivity contribution in [3.05, 3.63) is 63.6 Å². The Labute approximate surface area is 146 Å². The van der Waals surface area contributed by atoms with Crippen molar-refractivity contribution in [3.63, 3.8) is 0 Å². The molecular formula is C19H22N4S. The average Bonchev–Trinajstić information content (AvgIpc) is 2.92. The number of fused-ring (bicyclic) bond motifs is 1. The molecule has 0 aliphatic heterocycles. The van der Waals surface area contributed by atoms with Crippen LogP contribution in [0.25, 0.3) is 10.8 Å². The number of aryl methyl sites for hydroxylation is 2. The van der Waals surface area contributed by atoms with Gasteiger partial charge in [-0.3, -0.25) is 4.99 Å². The number of aliphatic imine (C=N–C) groups is 1. The van der Waals surface area contributed by atoms with Crippen molar-refractivity contribution in [2.45, 2.75) is 26.9 Å². The highest BCUT2D eigenvalue weighted by molar-refractivity contribution is 7.11. The van der Waals surface area contributed by atoms with Gasteiger partial charge in [-0.15, -0.1) is 11.3 Å². The maximum atomic E-state index is 4.46. The van der Waals surface area contributed by atoms with E-state index < -0.39 is 0 Å². The number of hydrogen-bond acceptors (Lipinski definition) is 3. The third kappa shape index (κ3) is 3.92. The van der Waals surface area contributed by atoms with Crippen LogP contribution in [0.5, 0.6) is 0 Å². The SMILES string of the molecule is CN=C(NCc1ccc2ccccc2c1)NCc1sc(C)nc1C. The van der Waals surface area contributed by atoms with Gasteiger partial charge in [-0.1, -0.05) is 36.4 Å². The molecule has 0 unspecified atom stereocenters. The number of thiazole rings is 1. The molecule has 1 aromatic heterocycles. The van der Waals surface area contributed by atoms with E-state index in [1.165, 1.54) is 21.2 Å². The molecule has 0 aliphatic carbocycles. The van der Waals surface area contributed by atoms with Crippen LogP contribution in [-0.4, -0.2) is 18.0 Å². The highest BCUT2D eigenvalue weighted by Crippen LogP contribution is 2.17. The lowest BCUT2D eigenvalue weighted by molar-refractivity contribution is 0.812. The molecule has 4 nitrogen and oxygen atoms in total. The van der Waals surface area contributed by atoms with Crippen molar-refractivity contribution in [2.24, 2.45) is 4.99 Å². The van der Waals surface area contributed by atoms with Gasteiger partial charge in [-0.05, 0) is 36.2 Å². The number of aromatic nitrogens is 1. The van der Waals surface area contributed by atoms with Crippen molar-refractivity contribution >= 4 is 28.1 Å². The summed E-state index contributed by atoms with van der Waals surface area (Å²) < 4.78 is 0. The van der Waals surface area contributed by atoms with Crippen LogP contribution < -0.4 is 10.6 Å². The predicted molar refractivity (Wildman–Crippen MR) is 103 cm³/mol. The molecule has 0 saturated carbocycles. The van der Waals surface area contributed by atoms with Gasteiger partial charge in [0.05, 0.1) is 17.2 Å². The highest BCUT2D eigenvalue weighted by Gasteiger charge is 2.06. The second-order valence-corrected chi connectivity index (χ2v) is 6.99. The van der Waals surface area contributed by atoms with E-state index in [9.17, 15) is 0 Å².